The highest BCUT2D eigenvalue weighted by Crippen LogP contribution is 2.45. The number of aliphatic hydroxyl groups is 13. The Balaban J connectivity index is 1.02. The maximum absolute atomic E-state index is 12.7. The van der Waals surface area contributed by atoms with E-state index in [0.29, 0.717) is 32.1 Å². The zero-order valence-corrected chi connectivity index (χ0v) is 36.9. The number of ether oxygens (including phenoxy) is 9. The number of hydrogen-bond donors (Lipinski definition) is 13. The van der Waals surface area contributed by atoms with Gasteiger partial charge in [0, 0.05) is 25.5 Å². The lowest BCUT2D eigenvalue weighted by Gasteiger charge is -2.52. The average Bonchev–Trinajstić information content (AvgIpc) is 3.29. The van der Waals surface area contributed by atoms with E-state index in [2.05, 4.69) is 0 Å². The molecule has 7 fully saturated rings. The molecule has 66 heavy (non-hydrogen) atoms. The van der Waals surface area contributed by atoms with Crippen molar-refractivity contribution in [3.63, 3.8) is 0 Å². The summed E-state index contributed by atoms with van der Waals surface area (Å²) in [5.41, 5.74) is 0. The van der Waals surface area contributed by atoms with Gasteiger partial charge in [0.15, 0.2) is 25.0 Å². The third-order valence-electron chi connectivity index (χ3n) is 14.6. The van der Waals surface area contributed by atoms with Crippen LogP contribution >= 0.6 is 0 Å². The molecule has 380 valence electrons. The fourth-order valence-electron chi connectivity index (χ4n) is 10.7. The molecule has 0 aromatic heterocycles. The normalized spacial score (nSPS) is 51.6. The molecule has 4 heterocycles. The number of aliphatic hydroxyl groups excluding tert-OH is 13. The Morgan fingerprint density at radius 2 is 1.24 bits per heavy atom. The molecule has 7 rings (SSSR count). The first-order valence-corrected chi connectivity index (χ1v) is 23.1. The first-order valence-electron chi connectivity index (χ1n) is 23.1. The van der Waals surface area contributed by atoms with Crippen LogP contribution in [0.1, 0.15) is 64.7 Å². The van der Waals surface area contributed by atoms with Crippen LogP contribution in [-0.4, -0.2) is 240 Å². The van der Waals surface area contributed by atoms with Crippen molar-refractivity contribution in [3.05, 3.63) is 12.2 Å². The molecular formula is C43H70O23. The van der Waals surface area contributed by atoms with E-state index in [1.165, 1.54) is 14.0 Å². The van der Waals surface area contributed by atoms with Gasteiger partial charge in [0.25, 0.3) is 0 Å². The Morgan fingerprint density at radius 3 is 1.91 bits per heavy atom. The van der Waals surface area contributed by atoms with Crippen LogP contribution in [0.3, 0.4) is 0 Å². The number of esters is 1. The smallest absolute Gasteiger partial charge is 0.330 e. The largest absolute Gasteiger partial charge is 0.454 e. The van der Waals surface area contributed by atoms with Crippen molar-refractivity contribution in [2.24, 2.45) is 17.8 Å². The van der Waals surface area contributed by atoms with Gasteiger partial charge in [0.1, 0.15) is 61.0 Å². The van der Waals surface area contributed by atoms with Crippen molar-refractivity contribution in [2.45, 2.75) is 212 Å². The summed E-state index contributed by atoms with van der Waals surface area (Å²) in [6, 6.07) is 0. The fraction of sp³-hybridized carbons (Fsp3) is 0.930. The minimum Gasteiger partial charge on any atom is -0.454 e. The number of allylic oxidation sites excluding steroid dienone is 1. The SMILES string of the molecule is COC1CC(C2OC3CC(O)CC(OC4OC(CO)C(O)C(O)C4O)C3CC2OC2OC(COC3OC(C)C(OC(=O)C=CC4CCC(O)C(O)C4)C(O)C3O)C(O)C(O)C2O)CCC1O. The molecule has 23 heteroatoms. The van der Waals surface area contributed by atoms with Gasteiger partial charge in [0.2, 0.25) is 0 Å². The zero-order chi connectivity index (χ0) is 47.7. The van der Waals surface area contributed by atoms with Gasteiger partial charge in [-0.2, -0.15) is 0 Å². The molecule has 3 saturated carbocycles. The molecule has 23 nitrogen and oxygen atoms in total. The molecule has 3 aliphatic carbocycles. The van der Waals surface area contributed by atoms with Crippen LogP contribution < -0.4 is 0 Å². The topological polar surface area (TPSA) is 363 Å². The minimum atomic E-state index is -1.84. The second-order valence-corrected chi connectivity index (χ2v) is 19.1. The first kappa shape index (κ1) is 52.2. The van der Waals surface area contributed by atoms with Crippen LogP contribution in [0.25, 0.3) is 0 Å². The summed E-state index contributed by atoms with van der Waals surface area (Å²) in [6.07, 6.45) is -25.5. The fourth-order valence-corrected chi connectivity index (χ4v) is 10.7. The van der Waals surface area contributed by atoms with Gasteiger partial charge in [-0.05, 0) is 70.1 Å². The minimum absolute atomic E-state index is 0.0342. The highest BCUT2D eigenvalue weighted by atomic mass is 16.7. The Hall–Kier alpha value is -1.63. The van der Waals surface area contributed by atoms with E-state index >= 15 is 0 Å². The summed E-state index contributed by atoms with van der Waals surface area (Å²) in [4.78, 5) is 12.7. The van der Waals surface area contributed by atoms with Gasteiger partial charge in [-0.1, -0.05) is 6.08 Å². The third kappa shape index (κ3) is 11.6. The van der Waals surface area contributed by atoms with Crippen molar-refractivity contribution in [2.75, 3.05) is 20.3 Å². The molecule has 0 aromatic carbocycles. The quantitative estimate of drug-likeness (QED) is 0.0607. The van der Waals surface area contributed by atoms with Gasteiger partial charge < -0.3 is 109 Å². The monoisotopic (exact) mass is 954 g/mol. The van der Waals surface area contributed by atoms with Crippen LogP contribution in [-0.2, 0) is 47.4 Å². The summed E-state index contributed by atoms with van der Waals surface area (Å²) in [7, 11) is 1.48. The second kappa shape index (κ2) is 22.6. The van der Waals surface area contributed by atoms with Gasteiger partial charge >= 0.3 is 5.97 Å². The van der Waals surface area contributed by atoms with E-state index in [9.17, 15) is 71.2 Å². The number of carbonyl (C=O) groups excluding carboxylic acids is 1. The van der Waals surface area contributed by atoms with Crippen molar-refractivity contribution in [1.29, 1.82) is 0 Å². The van der Waals surface area contributed by atoms with Crippen molar-refractivity contribution in [3.8, 4) is 0 Å². The van der Waals surface area contributed by atoms with Gasteiger partial charge in [0.05, 0.1) is 74.3 Å². The molecule has 0 radical (unpaired) electrons. The van der Waals surface area contributed by atoms with Crippen LogP contribution in [0.2, 0.25) is 0 Å². The molecule has 27 atom stereocenters. The molecular weight excluding hydrogens is 884 g/mol. The molecule has 0 aromatic rings. The molecule has 13 N–H and O–H groups in total. The third-order valence-corrected chi connectivity index (χ3v) is 14.6. The summed E-state index contributed by atoms with van der Waals surface area (Å²) in [5, 5.41) is 138. The predicted octanol–water partition coefficient (Wildman–Crippen LogP) is -5.06. The van der Waals surface area contributed by atoms with E-state index < -0.39 is 172 Å². The Kier molecular flexibility index (Phi) is 17.9. The molecule has 4 aliphatic heterocycles. The molecule has 0 spiro atoms. The number of rotatable bonds is 13. The lowest BCUT2D eigenvalue weighted by Crippen LogP contribution is -2.64. The van der Waals surface area contributed by atoms with E-state index in [1.807, 2.05) is 0 Å². The zero-order valence-electron chi connectivity index (χ0n) is 36.9. The van der Waals surface area contributed by atoms with E-state index in [4.69, 9.17) is 42.6 Å². The highest BCUT2D eigenvalue weighted by molar-refractivity contribution is 5.82. The average molecular weight is 955 g/mol. The highest BCUT2D eigenvalue weighted by Gasteiger charge is 2.55. The van der Waals surface area contributed by atoms with E-state index in [0.717, 1.165) is 6.08 Å². The number of carbonyl (C=O) groups is 1. The lowest BCUT2D eigenvalue weighted by atomic mass is 9.72. The number of methoxy groups -OCH3 is 1. The molecule has 0 bridgehead atoms. The number of hydrogen-bond acceptors (Lipinski definition) is 23. The van der Waals surface area contributed by atoms with Crippen molar-refractivity contribution >= 4 is 5.97 Å². The summed E-state index contributed by atoms with van der Waals surface area (Å²) in [6.45, 7) is 0.219. The molecule has 27 unspecified atom stereocenters. The Labute approximate surface area is 381 Å². The predicted molar refractivity (Wildman–Crippen MR) is 217 cm³/mol. The van der Waals surface area contributed by atoms with Gasteiger partial charge in [-0.3, -0.25) is 0 Å². The number of fused-ring (bicyclic) bond motifs is 1. The summed E-state index contributed by atoms with van der Waals surface area (Å²) < 4.78 is 53.6. The van der Waals surface area contributed by atoms with Gasteiger partial charge in [-0.25, -0.2) is 4.79 Å². The van der Waals surface area contributed by atoms with Crippen molar-refractivity contribution in [1.82, 2.24) is 0 Å². The Morgan fingerprint density at radius 1 is 0.606 bits per heavy atom. The Bertz CT molecular complexity index is 1580. The van der Waals surface area contributed by atoms with Gasteiger partial charge in [-0.15, -0.1) is 0 Å². The van der Waals surface area contributed by atoms with E-state index in [-0.39, 0.29) is 37.5 Å². The van der Waals surface area contributed by atoms with Crippen LogP contribution in [0.4, 0.5) is 0 Å². The first-order chi connectivity index (χ1) is 31.4. The second-order valence-electron chi connectivity index (χ2n) is 19.1. The van der Waals surface area contributed by atoms with E-state index in [1.54, 1.807) is 6.08 Å². The molecule has 7 aliphatic rings. The van der Waals surface area contributed by atoms with Crippen LogP contribution in [0, 0.1) is 17.8 Å². The van der Waals surface area contributed by atoms with Crippen LogP contribution in [0.15, 0.2) is 12.2 Å². The maximum atomic E-state index is 12.7. The van der Waals surface area contributed by atoms with Crippen molar-refractivity contribution < 1.29 is 114 Å². The van der Waals surface area contributed by atoms with Crippen LogP contribution in [0.5, 0.6) is 0 Å². The summed E-state index contributed by atoms with van der Waals surface area (Å²) in [5.74, 6) is -1.89. The molecule has 0 amide bonds. The lowest BCUT2D eigenvalue weighted by molar-refractivity contribution is -0.351. The summed E-state index contributed by atoms with van der Waals surface area (Å²) >= 11 is 0. The standard InChI is InChI=1S/C43H70O23/c1-16-39(66-30(49)8-4-17-3-6-21(46)23(48)9-17)35(54)38(57)41(60-16)59-15-29-32(51)34(53)37(56)43(65-29)63-27-13-20-24(61-40(27)18-5-7-22(47)26(10-18)58-2)11-19(45)12-25(20)62-42-36(55)33(52)31(50)28(14-44)64-42/h4,8,16-29,31-48,50-57H,3,5-7,9-15H2,1-2H3. The maximum Gasteiger partial charge on any atom is 0.330 e. The molecule has 4 saturated heterocycles.